The molecule has 0 spiro atoms. The molecular weight excluding hydrogens is 418 g/mol. The molecule has 3 rings (SSSR count). The summed E-state index contributed by atoms with van der Waals surface area (Å²) in [6.07, 6.45) is -10.2. The minimum Gasteiger partial charge on any atom is -0.350 e. The minimum absolute atomic E-state index is 0.0877. The van der Waals surface area contributed by atoms with E-state index in [9.17, 15) is 40.7 Å². The number of halogens is 6. The van der Waals surface area contributed by atoms with Crippen molar-refractivity contribution in [3.05, 3.63) is 70.3 Å². The van der Waals surface area contributed by atoms with Gasteiger partial charge in [-0.3, -0.25) is 19.3 Å². The molecule has 0 aromatic heterocycles. The van der Waals surface area contributed by atoms with Gasteiger partial charge in [-0.05, 0) is 30.3 Å². The van der Waals surface area contributed by atoms with E-state index in [2.05, 4.69) is 5.32 Å². The molecule has 0 saturated heterocycles. The van der Waals surface area contributed by atoms with Crippen LogP contribution in [-0.4, -0.2) is 35.7 Å². The maximum absolute atomic E-state index is 12.9. The van der Waals surface area contributed by atoms with Crippen molar-refractivity contribution in [1.29, 1.82) is 0 Å². The largest absolute Gasteiger partial charge is 0.416 e. The summed E-state index contributed by atoms with van der Waals surface area (Å²) in [7, 11) is 0. The van der Waals surface area contributed by atoms with Gasteiger partial charge in [0, 0.05) is 18.7 Å². The van der Waals surface area contributed by atoms with Crippen molar-refractivity contribution in [1.82, 2.24) is 10.2 Å². The fraction of sp³-hybridized carbons (Fsp3) is 0.211. The minimum atomic E-state index is -5.09. The highest BCUT2D eigenvalue weighted by molar-refractivity contribution is 6.21. The average Bonchev–Trinajstić information content (AvgIpc) is 2.91. The van der Waals surface area contributed by atoms with Crippen LogP contribution in [0.2, 0.25) is 0 Å². The predicted octanol–water partition coefficient (Wildman–Crippen LogP) is 3.75. The third-order valence-electron chi connectivity index (χ3n) is 4.35. The summed E-state index contributed by atoms with van der Waals surface area (Å²) < 4.78 is 77.3. The van der Waals surface area contributed by atoms with E-state index in [0.717, 1.165) is 4.90 Å². The summed E-state index contributed by atoms with van der Waals surface area (Å²) in [4.78, 5) is 37.4. The van der Waals surface area contributed by atoms with Crippen LogP contribution in [0.4, 0.5) is 26.3 Å². The number of amides is 3. The molecule has 1 heterocycles. The van der Waals surface area contributed by atoms with Crippen LogP contribution in [0.3, 0.4) is 0 Å². The molecular formula is C19H12F6N2O3. The number of rotatable bonds is 4. The Kier molecular flexibility index (Phi) is 5.31. The fourth-order valence-corrected chi connectivity index (χ4v) is 2.91. The van der Waals surface area contributed by atoms with Gasteiger partial charge in [-0.2, -0.15) is 26.3 Å². The van der Waals surface area contributed by atoms with Crippen molar-refractivity contribution in [2.75, 3.05) is 13.1 Å². The van der Waals surface area contributed by atoms with Gasteiger partial charge >= 0.3 is 12.4 Å². The molecule has 5 nitrogen and oxygen atoms in total. The Morgan fingerprint density at radius 2 is 1.30 bits per heavy atom. The monoisotopic (exact) mass is 430 g/mol. The van der Waals surface area contributed by atoms with Crippen molar-refractivity contribution in [2.24, 2.45) is 0 Å². The maximum atomic E-state index is 12.9. The van der Waals surface area contributed by atoms with Crippen LogP contribution in [0, 0.1) is 0 Å². The number of benzene rings is 2. The molecule has 0 unspecified atom stereocenters. The Hall–Kier alpha value is -3.37. The van der Waals surface area contributed by atoms with E-state index in [1.54, 1.807) is 12.1 Å². The lowest BCUT2D eigenvalue weighted by Crippen LogP contribution is -2.38. The molecule has 0 atom stereocenters. The second kappa shape index (κ2) is 7.47. The first-order chi connectivity index (χ1) is 13.9. The highest BCUT2D eigenvalue weighted by atomic mass is 19.4. The van der Waals surface area contributed by atoms with Crippen molar-refractivity contribution in [3.8, 4) is 0 Å². The molecule has 1 N–H and O–H groups in total. The molecule has 0 radical (unpaired) electrons. The maximum Gasteiger partial charge on any atom is 0.416 e. The Labute approximate surface area is 165 Å². The van der Waals surface area contributed by atoms with Crippen LogP contribution in [0.1, 0.15) is 42.2 Å². The van der Waals surface area contributed by atoms with Crippen LogP contribution in [-0.2, 0) is 12.4 Å². The predicted molar refractivity (Wildman–Crippen MR) is 90.6 cm³/mol. The molecule has 0 saturated carbocycles. The van der Waals surface area contributed by atoms with E-state index >= 15 is 0 Å². The van der Waals surface area contributed by atoms with E-state index in [0.29, 0.717) is 12.1 Å². The number of nitrogens with zero attached hydrogens (tertiary/aromatic N) is 1. The molecule has 2 aromatic rings. The van der Waals surface area contributed by atoms with Gasteiger partial charge in [-0.1, -0.05) is 12.1 Å². The number of nitrogens with one attached hydrogen (secondary N) is 1. The number of alkyl halides is 6. The fourth-order valence-electron chi connectivity index (χ4n) is 2.91. The van der Waals surface area contributed by atoms with Crippen LogP contribution in [0.5, 0.6) is 0 Å². The van der Waals surface area contributed by atoms with E-state index in [4.69, 9.17) is 0 Å². The van der Waals surface area contributed by atoms with Crippen LogP contribution < -0.4 is 5.32 Å². The van der Waals surface area contributed by atoms with Gasteiger partial charge in [0.1, 0.15) is 0 Å². The summed E-state index contributed by atoms with van der Waals surface area (Å²) in [6.45, 7) is -0.662. The highest BCUT2D eigenvalue weighted by Crippen LogP contribution is 2.36. The third-order valence-corrected chi connectivity index (χ3v) is 4.35. The number of carbonyl (C=O) groups is 3. The van der Waals surface area contributed by atoms with Crippen molar-refractivity contribution < 1.29 is 40.7 Å². The number of hydrogen-bond donors (Lipinski definition) is 1. The quantitative estimate of drug-likeness (QED) is 0.594. The number of fused-ring (bicyclic) bond motifs is 1. The van der Waals surface area contributed by atoms with Crippen molar-refractivity contribution >= 4 is 17.7 Å². The molecule has 0 fully saturated rings. The van der Waals surface area contributed by atoms with Gasteiger partial charge in [0.15, 0.2) is 0 Å². The Balaban J connectivity index is 1.73. The highest BCUT2D eigenvalue weighted by Gasteiger charge is 2.38. The Morgan fingerprint density at radius 1 is 0.833 bits per heavy atom. The molecule has 11 heteroatoms. The van der Waals surface area contributed by atoms with Gasteiger partial charge in [0.2, 0.25) is 0 Å². The summed E-state index contributed by atoms with van der Waals surface area (Å²) in [5.74, 6) is -2.42. The normalized spacial score (nSPS) is 14.1. The lowest BCUT2D eigenvalue weighted by atomic mass is 10.0. The zero-order valence-electron chi connectivity index (χ0n) is 14.9. The van der Waals surface area contributed by atoms with E-state index in [1.807, 2.05) is 0 Å². The number of carbonyl (C=O) groups excluding carboxylic acids is 3. The van der Waals surface area contributed by atoms with E-state index in [-0.39, 0.29) is 30.3 Å². The van der Waals surface area contributed by atoms with Gasteiger partial charge in [-0.25, -0.2) is 0 Å². The van der Waals surface area contributed by atoms with Crippen LogP contribution >= 0.6 is 0 Å². The Morgan fingerprint density at radius 3 is 1.73 bits per heavy atom. The first kappa shape index (κ1) is 21.3. The second-order valence-electron chi connectivity index (χ2n) is 6.36. The van der Waals surface area contributed by atoms with Crippen molar-refractivity contribution in [2.45, 2.75) is 12.4 Å². The SMILES string of the molecule is O=C(NCCN1C(=O)c2ccccc2C1=O)c1cc(C(F)(F)F)cc(C(F)(F)F)c1. The molecule has 1 aliphatic heterocycles. The second-order valence-corrected chi connectivity index (χ2v) is 6.36. The topological polar surface area (TPSA) is 66.5 Å². The molecule has 3 amide bonds. The molecule has 158 valence electrons. The van der Waals surface area contributed by atoms with Crippen LogP contribution in [0.25, 0.3) is 0 Å². The summed E-state index contributed by atoms with van der Waals surface area (Å²) in [6, 6.07) is 6.50. The van der Waals surface area contributed by atoms with Gasteiger partial charge in [-0.15, -0.1) is 0 Å². The third kappa shape index (κ3) is 4.14. The molecule has 0 aliphatic carbocycles. The van der Waals surface area contributed by atoms with Crippen LogP contribution in [0.15, 0.2) is 42.5 Å². The summed E-state index contributed by atoms with van der Waals surface area (Å²) in [5.41, 5.74) is -3.76. The van der Waals surface area contributed by atoms with E-state index in [1.165, 1.54) is 12.1 Å². The van der Waals surface area contributed by atoms with Gasteiger partial charge in [0.25, 0.3) is 17.7 Å². The van der Waals surface area contributed by atoms with Gasteiger partial charge in [0.05, 0.1) is 22.3 Å². The lowest BCUT2D eigenvalue weighted by Gasteiger charge is -2.16. The lowest BCUT2D eigenvalue weighted by molar-refractivity contribution is -0.143. The summed E-state index contributed by atoms with van der Waals surface area (Å²) in [5, 5.41) is 2.13. The molecule has 1 aliphatic rings. The molecule has 0 bridgehead atoms. The van der Waals surface area contributed by atoms with Gasteiger partial charge < -0.3 is 5.32 Å². The average molecular weight is 430 g/mol. The first-order valence-corrected chi connectivity index (χ1v) is 8.42. The molecule has 30 heavy (non-hydrogen) atoms. The van der Waals surface area contributed by atoms with E-state index < -0.39 is 46.8 Å². The Bertz CT molecular complexity index is 962. The zero-order chi connectivity index (χ0) is 22.3. The summed E-state index contributed by atoms with van der Waals surface area (Å²) >= 11 is 0. The van der Waals surface area contributed by atoms with Crippen molar-refractivity contribution in [3.63, 3.8) is 0 Å². The number of hydrogen-bond acceptors (Lipinski definition) is 3. The smallest absolute Gasteiger partial charge is 0.350 e. The first-order valence-electron chi connectivity index (χ1n) is 8.42. The number of imide groups is 1. The molecule has 2 aromatic carbocycles. The zero-order valence-corrected chi connectivity index (χ0v) is 14.9. The standard InChI is InChI=1S/C19H12F6N2O3/c20-18(21,22)11-7-10(8-12(9-11)19(23,24)25)15(28)26-5-6-27-16(29)13-3-1-2-4-14(13)17(27)30/h1-4,7-9H,5-6H2,(H,26,28).